The molecule has 2 N–H and O–H groups in total. The molecular formula is C9H12O4S2. The van der Waals surface area contributed by atoms with Crippen LogP contribution in [0.4, 0.5) is 0 Å². The summed E-state index contributed by atoms with van der Waals surface area (Å²) in [5.74, 6) is -0.230. The van der Waals surface area contributed by atoms with Crippen LogP contribution in [0.5, 0.6) is 0 Å². The molecule has 1 aromatic carbocycles. The Balaban J connectivity index is 2.94. The van der Waals surface area contributed by atoms with Gasteiger partial charge in [0.15, 0.2) is 22.2 Å². The van der Waals surface area contributed by atoms with E-state index in [0.29, 0.717) is 5.56 Å². The third kappa shape index (κ3) is 3.83. The Bertz CT molecular complexity index is 374. The molecule has 1 rings (SSSR count). The number of rotatable bonds is 4. The summed E-state index contributed by atoms with van der Waals surface area (Å²) >= 11 is -4.21. The van der Waals surface area contributed by atoms with E-state index in [1.54, 1.807) is 24.3 Å². The molecule has 3 unspecified atom stereocenters. The molecule has 0 saturated carbocycles. The van der Waals surface area contributed by atoms with E-state index in [-0.39, 0.29) is 5.75 Å². The molecule has 0 aliphatic rings. The molecule has 4 nitrogen and oxygen atoms in total. The van der Waals surface area contributed by atoms with E-state index in [1.165, 1.54) is 0 Å². The van der Waals surface area contributed by atoms with Crippen molar-refractivity contribution in [2.24, 2.45) is 0 Å². The lowest BCUT2D eigenvalue weighted by atomic mass is 10.1. The summed E-state index contributed by atoms with van der Waals surface area (Å²) in [5, 5.41) is -0.809. The quantitative estimate of drug-likeness (QED) is 0.791. The first-order valence-electron chi connectivity index (χ1n) is 4.24. The first-order valence-corrected chi connectivity index (χ1v) is 6.69. The van der Waals surface area contributed by atoms with Crippen LogP contribution in [0.25, 0.3) is 0 Å². The molecule has 0 saturated heterocycles. The fraction of sp³-hybridized carbons (Fsp3) is 0.333. The van der Waals surface area contributed by atoms with Gasteiger partial charge >= 0.3 is 0 Å². The van der Waals surface area contributed by atoms with E-state index >= 15 is 0 Å². The zero-order chi connectivity index (χ0) is 11.4. The Morgan fingerprint density at radius 1 is 1.20 bits per heavy atom. The van der Waals surface area contributed by atoms with Gasteiger partial charge in [-0.1, -0.05) is 29.8 Å². The highest BCUT2D eigenvalue weighted by Crippen LogP contribution is 2.20. The van der Waals surface area contributed by atoms with Crippen LogP contribution < -0.4 is 0 Å². The van der Waals surface area contributed by atoms with Crippen LogP contribution in [0.15, 0.2) is 24.3 Å². The summed E-state index contributed by atoms with van der Waals surface area (Å²) in [6.45, 7) is 1.90. The van der Waals surface area contributed by atoms with Gasteiger partial charge < -0.3 is 9.11 Å². The maximum atomic E-state index is 11.0. The molecule has 0 bridgehead atoms. The summed E-state index contributed by atoms with van der Waals surface area (Å²) in [6.07, 6.45) is 0. The van der Waals surface area contributed by atoms with Crippen molar-refractivity contribution in [3.05, 3.63) is 35.4 Å². The fourth-order valence-corrected chi connectivity index (χ4v) is 2.84. The van der Waals surface area contributed by atoms with E-state index in [9.17, 15) is 8.42 Å². The molecule has 0 heterocycles. The van der Waals surface area contributed by atoms with Crippen LogP contribution in [0.2, 0.25) is 0 Å². The molecule has 0 fully saturated rings. The molecule has 3 atom stereocenters. The zero-order valence-corrected chi connectivity index (χ0v) is 9.75. The first kappa shape index (κ1) is 12.5. The highest BCUT2D eigenvalue weighted by Gasteiger charge is 2.19. The van der Waals surface area contributed by atoms with Crippen molar-refractivity contribution in [2.75, 3.05) is 5.75 Å². The summed E-state index contributed by atoms with van der Waals surface area (Å²) < 4.78 is 39.3. The zero-order valence-electron chi connectivity index (χ0n) is 8.12. The van der Waals surface area contributed by atoms with Crippen molar-refractivity contribution in [1.29, 1.82) is 0 Å². The lowest BCUT2D eigenvalue weighted by Gasteiger charge is -2.11. The molecular weight excluding hydrogens is 236 g/mol. The number of aryl methyl sites for hydroxylation is 1. The smallest absolute Gasteiger partial charge is 0.161 e. The van der Waals surface area contributed by atoms with Gasteiger partial charge in [-0.25, -0.2) is 8.42 Å². The van der Waals surface area contributed by atoms with Gasteiger partial charge in [-0.05, 0) is 12.5 Å². The molecule has 0 radical (unpaired) electrons. The molecule has 0 aromatic heterocycles. The van der Waals surface area contributed by atoms with E-state index in [1.807, 2.05) is 6.92 Å². The third-order valence-electron chi connectivity index (χ3n) is 1.99. The fourth-order valence-electron chi connectivity index (χ4n) is 1.18. The highest BCUT2D eigenvalue weighted by atomic mass is 32.2. The van der Waals surface area contributed by atoms with Crippen molar-refractivity contribution in [1.82, 2.24) is 0 Å². The average Bonchev–Trinajstić information content (AvgIpc) is 2.15. The average molecular weight is 248 g/mol. The van der Waals surface area contributed by atoms with Gasteiger partial charge in [0.25, 0.3) is 0 Å². The van der Waals surface area contributed by atoms with Gasteiger partial charge in [0.05, 0.1) is 11.0 Å². The summed E-state index contributed by atoms with van der Waals surface area (Å²) in [5.41, 5.74) is 1.63. The van der Waals surface area contributed by atoms with Gasteiger partial charge in [-0.15, -0.1) is 0 Å². The maximum absolute atomic E-state index is 11.0. The van der Waals surface area contributed by atoms with E-state index < -0.39 is 27.4 Å². The van der Waals surface area contributed by atoms with E-state index in [2.05, 4.69) is 0 Å². The number of hydrogen-bond acceptors (Lipinski definition) is 2. The Labute approximate surface area is 93.3 Å². The third-order valence-corrected chi connectivity index (χ3v) is 3.74. The largest absolute Gasteiger partial charge is 0.306 e. The Morgan fingerprint density at radius 3 is 2.13 bits per heavy atom. The standard InChI is InChI=1S/C9H12O4S2/c1-7-2-4-8(5-3-7)9(15(12)13)6-14(10)11/h2-5,9H,6H2,1H3,(H,10,11)(H,12,13). The van der Waals surface area contributed by atoms with E-state index in [4.69, 9.17) is 9.11 Å². The molecule has 15 heavy (non-hydrogen) atoms. The Morgan fingerprint density at radius 2 is 1.73 bits per heavy atom. The second-order valence-electron chi connectivity index (χ2n) is 3.16. The lowest BCUT2D eigenvalue weighted by molar-refractivity contribution is 0.542. The van der Waals surface area contributed by atoms with Crippen LogP contribution >= 0.6 is 0 Å². The van der Waals surface area contributed by atoms with Crippen molar-refractivity contribution >= 4 is 22.2 Å². The van der Waals surface area contributed by atoms with Gasteiger partial charge in [0.1, 0.15) is 0 Å². The minimum absolute atomic E-state index is 0.230. The second-order valence-corrected chi connectivity index (χ2v) is 5.26. The van der Waals surface area contributed by atoms with Crippen LogP contribution in [-0.4, -0.2) is 23.3 Å². The monoisotopic (exact) mass is 248 g/mol. The van der Waals surface area contributed by atoms with Gasteiger partial charge in [0.2, 0.25) is 0 Å². The molecule has 84 valence electrons. The molecule has 6 heteroatoms. The molecule has 0 amide bonds. The van der Waals surface area contributed by atoms with Crippen LogP contribution in [0.3, 0.4) is 0 Å². The lowest BCUT2D eigenvalue weighted by Crippen LogP contribution is -2.13. The molecule has 0 aliphatic carbocycles. The molecule has 0 aliphatic heterocycles. The molecule has 1 aromatic rings. The highest BCUT2D eigenvalue weighted by molar-refractivity contribution is 7.83. The Kier molecular flexibility index (Phi) is 4.59. The summed E-state index contributed by atoms with van der Waals surface area (Å²) in [7, 11) is 0. The van der Waals surface area contributed by atoms with Gasteiger partial charge in [-0.2, -0.15) is 0 Å². The molecule has 0 spiro atoms. The Hall–Kier alpha value is -0.560. The normalized spacial score (nSPS) is 17.0. The summed E-state index contributed by atoms with van der Waals surface area (Å²) in [4.78, 5) is 0. The maximum Gasteiger partial charge on any atom is 0.161 e. The number of benzene rings is 1. The van der Waals surface area contributed by atoms with Crippen LogP contribution in [0.1, 0.15) is 16.4 Å². The van der Waals surface area contributed by atoms with Gasteiger partial charge in [-0.3, -0.25) is 0 Å². The first-order chi connectivity index (χ1) is 7.00. The van der Waals surface area contributed by atoms with Crippen molar-refractivity contribution in [3.8, 4) is 0 Å². The summed E-state index contributed by atoms with van der Waals surface area (Å²) in [6, 6.07) is 6.99. The van der Waals surface area contributed by atoms with Crippen molar-refractivity contribution in [2.45, 2.75) is 12.2 Å². The predicted octanol–water partition coefficient (Wildman–Crippen LogP) is 1.48. The minimum atomic E-state index is -2.13. The van der Waals surface area contributed by atoms with Gasteiger partial charge in [0, 0.05) is 0 Å². The van der Waals surface area contributed by atoms with Crippen LogP contribution in [0, 0.1) is 6.92 Å². The topological polar surface area (TPSA) is 74.6 Å². The number of hydrogen-bond donors (Lipinski definition) is 2. The van der Waals surface area contributed by atoms with E-state index in [0.717, 1.165) is 5.56 Å². The van der Waals surface area contributed by atoms with Crippen molar-refractivity contribution in [3.63, 3.8) is 0 Å². The van der Waals surface area contributed by atoms with Crippen molar-refractivity contribution < 1.29 is 17.5 Å². The minimum Gasteiger partial charge on any atom is -0.306 e. The second kappa shape index (κ2) is 5.50. The SMILES string of the molecule is Cc1ccc(C(CS(=O)O)S(=O)O)cc1. The van der Waals surface area contributed by atoms with Crippen LogP contribution in [-0.2, 0) is 22.2 Å². The predicted molar refractivity (Wildman–Crippen MR) is 60.3 cm³/mol.